The highest BCUT2D eigenvalue weighted by Crippen LogP contribution is 2.45. The molecule has 0 aromatic heterocycles. The Labute approximate surface area is 80.0 Å². The van der Waals surface area contributed by atoms with Gasteiger partial charge < -0.3 is 4.74 Å². The van der Waals surface area contributed by atoms with E-state index < -0.39 is 0 Å². The Hall–Kier alpha value is -0.790. The lowest BCUT2D eigenvalue weighted by Crippen LogP contribution is -2.41. The Morgan fingerprint density at radius 1 is 1.46 bits per heavy atom. The van der Waals surface area contributed by atoms with Gasteiger partial charge in [-0.05, 0) is 40.5 Å². The van der Waals surface area contributed by atoms with Crippen molar-refractivity contribution in [3.63, 3.8) is 0 Å². The molecule has 0 spiro atoms. The molecule has 0 aliphatic heterocycles. The molecule has 1 saturated carbocycles. The third-order valence-electron chi connectivity index (χ3n) is 2.17. The third kappa shape index (κ3) is 2.33. The van der Waals surface area contributed by atoms with Crippen LogP contribution in [0.2, 0.25) is 0 Å². The fraction of sp³-hybridized carbons (Fsp3) is 0.727. The third-order valence-corrected chi connectivity index (χ3v) is 2.17. The average molecular weight is 182 g/mol. The summed E-state index contributed by atoms with van der Waals surface area (Å²) in [6.07, 6.45) is 1.56. The second-order valence-corrected chi connectivity index (χ2v) is 5.17. The van der Waals surface area contributed by atoms with Gasteiger partial charge in [-0.1, -0.05) is 12.2 Å². The normalized spacial score (nSPS) is 20.8. The minimum Gasteiger partial charge on any atom is -0.460 e. The number of hydrogen-bond acceptors (Lipinski definition) is 2. The van der Waals surface area contributed by atoms with Crippen molar-refractivity contribution in [3.8, 4) is 0 Å². The summed E-state index contributed by atoms with van der Waals surface area (Å²) in [5, 5.41) is 0. The van der Waals surface area contributed by atoms with E-state index in [1.54, 1.807) is 0 Å². The molecule has 0 aromatic rings. The Kier molecular flexibility index (Phi) is 2.27. The number of ether oxygens (including phenoxy) is 1. The Bertz CT molecular complexity index is 237. The molecule has 0 unspecified atom stereocenters. The molecule has 0 atom stereocenters. The van der Waals surface area contributed by atoms with Gasteiger partial charge in [-0.2, -0.15) is 0 Å². The number of esters is 1. The van der Waals surface area contributed by atoms with Crippen LogP contribution in [0.3, 0.4) is 0 Å². The van der Waals surface area contributed by atoms with E-state index in [0.717, 1.165) is 18.4 Å². The second kappa shape index (κ2) is 2.86. The average Bonchev–Trinajstić information content (AvgIpc) is 1.80. The van der Waals surface area contributed by atoms with Gasteiger partial charge in [0.25, 0.3) is 0 Å². The SMILES string of the molecule is C=C1CC(C)(C(=O)OC(C)(C)C)C1. The van der Waals surface area contributed by atoms with Crippen LogP contribution in [-0.2, 0) is 9.53 Å². The van der Waals surface area contributed by atoms with Crippen molar-refractivity contribution < 1.29 is 9.53 Å². The molecule has 1 rings (SSSR count). The number of rotatable bonds is 1. The standard InChI is InChI=1S/C11H18O2/c1-8-6-11(5,7-8)9(12)13-10(2,3)4/h1,6-7H2,2-5H3. The van der Waals surface area contributed by atoms with E-state index in [9.17, 15) is 4.79 Å². The van der Waals surface area contributed by atoms with Gasteiger partial charge in [-0.15, -0.1) is 0 Å². The van der Waals surface area contributed by atoms with Gasteiger partial charge >= 0.3 is 5.97 Å². The Morgan fingerprint density at radius 2 is 1.92 bits per heavy atom. The molecule has 0 bridgehead atoms. The van der Waals surface area contributed by atoms with Gasteiger partial charge in [0.2, 0.25) is 0 Å². The van der Waals surface area contributed by atoms with E-state index in [1.807, 2.05) is 27.7 Å². The highest BCUT2D eigenvalue weighted by molar-refractivity contribution is 5.79. The van der Waals surface area contributed by atoms with Crippen molar-refractivity contribution in [2.24, 2.45) is 5.41 Å². The van der Waals surface area contributed by atoms with Crippen molar-refractivity contribution in [3.05, 3.63) is 12.2 Å². The van der Waals surface area contributed by atoms with E-state index in [-0.39, 0.29) is 17.0 Å². The number of carbonyl (C=O) groups is 1. The molecule has 0 radical (unpaired) electrons. The zero-order valence-electron chi connectivity index (χ0n) is 8.94. The summed E-state index contributed by atoms with van der Waals surface area (Å²) in [6, 6.07) is 0. The molecule has 1 aliphatic carbocycles. The second-order valence-electron chi connectivity index (χ2n) is 5.17. The zero-order valence-corrected chi connectivity index (χ0v) is 8.94. The topological polar surface area (TPSA) is 26.3 Å². The first-order valence-electron chi connectivity index (χ1n) is 4.63. The largest absolute Gasteiger partial charge is 0.460 e. The monoisotopic (exact) mass is 182 g/mol. The lowest BCUT2D eigenvalue weighted by atomic mass is 9.67. The molecule has 1 aliphatic rings. The molecule has 2 heteroatoms. The number of hydrogen-bond donors (Lipinski definition) is 0. The predicted octanol–water partition coefficient (Wildman–Crippen LogP) is 2.68. The first kappa shape index (κ1) is 10.3. The summed E-state index contributed by atoms with van der Waals surface area (Å²) in [6.45, 7) is 11.4. The Morgan fingerprint density at radius 3 is 2.23 bits per heavy atom. The van der Waals surface area contributed by atoms with E-state index in [2.05, 4.69) is 6.58 Å². The molecule has 13 heavy (non-hydrogen) atoms. The van der Waals surface area contributed by atoms with E-state index in [1.165, 1.54) is 0 Å². The van der Waals surface area contributed by atoms with Crippen LogP contribution in [0, 0.1) is 5.41 Å². The first-order chi connectivity index (χ1) is 5.73. The van der Waals surface area contributed by atoms with Crippen LogP contribution >= 0.6 is 0 Å². The minimum atomic E-state index is -0.378. The van der Waals surface area contributed by atoms with Crippen LogP contribution in [0.4, 0.5) is 0 Å². The first-order valence-corrected chi connectivity index (χ1v) is 4.63. The van der Waals surface area contributed by atoms with Crippen molar-refractivity contribution >= 4 is 5.97 Å². The lowest BCUT2D eigenvalue weighted by Gasteiger charge is -2.39. The molecule has 2 nitrogen and oxygen atoms in total. The highest BCUT2D eigenvalue weighted by Gasteiger charge is 2.44. The quantitative estimate of drug-likeness (QED) is 0.460. The summed E-state index contributed by atoms with van der Waals surface area (Å²) in [7, 11) is 0. The van der Waals surface area contributed by atoms with Crippen LogP contribution in [0.25, 0.3) is 0 Å². The summed E-state index contributed by atoms with van der Waals surface area (Å²) in [5.41, 5.74) is 0.467. The van der Waals surface area contributed by atoms with Crippen LogP contribution in [-0.4, -0.2) is 11.6 Å². The number of carbonyl (C=O) groups excluding carboxylic acids is 1. The minimum absolute atomic E-state index is 0.0904. The van der Waals surface area contributed by atoms with Gasteiger partial charge in [0.05, 0.1) is 5.41 Å². The van der Waals surface area contributed by atoms with E-state index in [4.69, 9.17) is 4.74 Å². The van der Waals surface area contributed by atoms with Crippen molar-refractivity contribution in [2.45, 2.75) is 46.1 Å². The summed E-state index contributed by atoms with van der Waals surface area (Å²) in [4.78, 5) is 11.6. The van der Waals surface area contributed by atoms with Crippen LogP contribution in [0.1, 0.15) is 40.5 Å². The summed E-state index contributed by atoms with van der Waals surface area (Å²) >= 11 is 0. The molecular weight excluding hydrogens is 164 g/mol. The molecule has 0 saturated heterocycles. The molecule has 1 fully saturated rings. The van der Waals surface area contributed by atoms with Crippen molar-refractivity contribution in [1.29, 1.82) is 0 Å². The molecule has 74 valence electrons. The fourth-order valence-electron chi connectivity index (χ4n) is 1.60. The lowest BCUT2D eigenvalue weighted by molar-refractivity contribution is -0.169. The van der Waals surface area contributed by atoms with Crippen molar-refractivity contribution in [1.82, 2.24) is 0 Å². The van der Waals surface area contributed by atoms with Crippen LogP contribution in [0.5, 0.6) is 0 Å². The molecule has 0 aromatic carbocycles. The maximum Gasteiger partial charge on any atom is 0.312 e. The van der Waals surface area contributed by atoms with Gasteiger partial charge in [0.15, 0.2) is 0 Å². The molecular formula is C11H18O2. The number of allylic oxidation sites excluding steroid dienone is 1. The molecule has 0 heterocycles. The van der Waals surface area contributed by atoms with Crippen molar-refractivity contribution in [2.75, 3.05) is 0 Å². The van der Waals surface area contributed by atoms with Gasteiger partial charge in [0.1, 0.15) is 5.60 Å². The van der Waals surface area contributed by atoms with Crippen LogP contribution in [0.15, 0.2) is 12.2 Å². The maximum absolute atomic E-state index is 11.6. The molecule has 0 amide bonds. The maximum atomic E-state index is 11.6. The van der Waals surface area contributed by atoms with Gasteiger partial charge in [-0.25, -0.2) is 0 Å². The van der Waals surface area contributed by atoms with Gasteiger partial charge in [-0.3, -0.25) is 4.79 Å². The summed E-state index contributed by atoms with van der Waals surface area (Å²) < 4.78 is 5.31. The molecule has 0 N–H and O–H groups in total. The summed E-state index contributed by atoms with van der Waals surface area (Å²) in [5.74, 6) is -0.0904. The zero-order chi connectivity index (χ0) is 10.3. The van der Waals surface area contributed by atoms with Crippen LogP contribution < -0.4 is 0 Å². The van der Waals surface area contributed by atoms with E-state index in [0.29, 0.717) is 0 Å². The fourth-order valence-corrected chi connectivity index (χ4v) is 1.60. The van der Waals surface area contributed by atoms with Gasteiger partial charge in [0, 0.05) is 0 Å². The Balaban J connectivity index is 2.54. The highest BCUT2D eigenvalue weighted by atomic mass is 16.6. The smallest absolute Gasteiger partial charge is 0.312 e. The predicted molar refractivity (Wildman–Crippen MR) is 52.3 cm³/mol. The van der Waals surface area contributed by atoms with E-state index >= 15 is 0 Å².